The van der Waals surface area contributed by atoms with Crippen LogP contribution in [-0.4, -0.2) is 68.5 Å². The van der Waals surface area contributed by atoms with Crippen LogP contribution in [0.15, 0.2) is 17.5 Å². The van der Waals surface area contributed by atoms with Gasteiger partial charge in [0.05, 0.1) is 16.4 Å². The van der Waals surface area contributed by atoms with Crippen molar-refractivity contribution in [1.29, 1.82) is 0 Å². The van der Waals surface area contributed by atoms with Crippen molar-refractivity contribution in [3.05, 3.63) is 22.4 Å². The smallest absolute Gasteiger partial charge is 0.290 e. The standard InChI is InChI=1S/C11H16N2O3S2.CH2O2/c14-11(10-2-1-7-17-10)12-3-4-13-5-8-18(15,16)9-6-13;2-1-3/h1-2,7H,3-6,8-9H2,(H,12,14);1H,(H,2,3). The van der Waals surface area contributed by atoms with Crippen molar-refractivity contribution in [2.45, 2.75) is 0 Å². The van der Waals surface area contributed by atoms with E-state index in [0.717, 1.165) is 0 Å². The molecule has 1 aliphatic rings. The van der Waals surface area contributed by atoms with Crippen LogP contribution in [0, 0.1) is 0 Å². The minimum atomic E-state index is -2.82. The van der Waals surface area contributed by atoms with E-state index in [4.69, 9.17) is 9.90 Å². The summed E-state index contributed by atoms with van der Waals surface area (Å²) in [5.74, 6) is 0.396. The van der Waals surface area contributed by atoms with Crippen molar-refractivity contribution in [3.8, 4) is 0 Å². The van der Waals surface area contributed by atoms with Gasteiger partial charge in [-0.15, -0.1) is 11.3 Å². The molecule has 0 radical (unpaired) electrons. The van der Waals surface area contributed by atoms with Crippen LogP contribution >= 0.6 is 11.3 Å². The zero-order valence-electron chi connectivity index (χ0n) is 11.4. The molecule has 1 aromatic heterocycles. The molecule has 0 saturated carbocycles. The first-order valence-corrected chi connectivity index (χ1v) is 9.01. The summed E-state index contributed by atoms with van der Waals surface area (Å²) in [6, 6.07) is 3.63. The Labute approximate surface area is 127 Å². The number of carbonyl (C=O) groups excluding carboxylic acids is 1. The Kier molecular flexibility index (Phi) is 7.34. The third-order valence-electron chi connectivity index (χ3n) is 2.90. The Hall–Kier alpha value is -1.45. The second-order valence-corrected chi connectivity index (χ2v) is 7.58. The lowest BCUT2D eigenvalue weighted by molar-refractivity contribution is -0.122. The first-order chi connectivity index (χ1) is 9.98. The molecule has 0 bridgehead atoms. The van der Waals surface area contributed by atoms with Crippen LogP contribution in [0.2, 0.25) is 0 Å². The molecule has 2 rings (SSSR count). The molecule has 1 amide bonds. The van der Waals surface area contributed by atoms with Gasteiger partial charge in [-0.25, -0.2) is 8.42 Å². The first-order valence-electron chi connectivity index (χ1n) is 6.31. The zero-order chi connectivity index (χ0) is 15.7. The number of hydrogen-bond donors (Lipinski definition) is 2. The molecule has 0 aliphatic carbocycles. The summed E-state index contributed by atoms with van der Waals surface area (Å²) in [4.78, 5) is 22.8. The summed E-state index contributed by atoms with van der Waals surface area (Å²) < 4.78 is 22.5. The van der Waals surface area contributed by atoms with Crippen LogP contribution in [-0.2, 0) is 14.6 Å². The molecule has 9 heteroatoms. The Balaban J connectivity index is 0.000000677. The van der Waals surface area contributed by atoms with Crippen molar-refractivity contribution in [2.24, 2.45) is 0 Å². The van der Waals surface area contributed by atoms with Crippen molar-refractivity contribution in [1.82, 2.24) is 10.2 Å². The van der Waals surface area contributed by atoms with Crippen LogP contribution in [0.5, 0.6) is 0 Å². The molecule has 1 aromatic rings. The van der Waals surface area contributed by atoms with E-state index in [1.165, 1.54) is 11.3 Å². The second-order valence-electron chi connectivity index (χ2n) is 4.33. The van der Waals surface area contributed by atoms with E-state index in [2.05, 4.69) is 10.2 Å². The van der Waals surface area contributed by atoms with Gasteiger partial charge in [-0.2, -0.15) is 0 Å². The third kappa shape index (κ3) is 6.69. The fourth-order valence-electron chi connectivity index (χ4n) is 1.80. The SMILES string of the molecule is O=C(NCCN1CCS(=O)(=O)CC1)c1cccs1.O=CO. The molecule has 0 unspecified atom stereocenters. The maximum Gasteiger partial charge on any atom is 0.290 e. The normalized spacial score (nSPS) is 17.3. The van der Waals surface area contributed by atoms with Gasteiger partial charge in [0, 0.05) is 26.2 Å². The molecule has 1 fully saturated rings. The van der Waals surface area contributed by atoms with Gasteiger partial charge in [-0.05, 0) is 11.4 Å². The van der Waals surface area contributed by atoms with E-state index in [9.17, 15) is 13.2 Å². The van der Waals surface area contributed by atoms with E-state index in [-0.39, 0.29) is 23.9 Å². The summed E-state index contributed by atoms with van der Waals surface area (Å²) >= 11 is 1.41. The number of thiophene rings is 1. The van der Waals surface area contributed by atoms with Crippen LogP contribution in [0.1, 0.15) is 9.67 Å². The lowest BCUT2D eigenvalue weighted by Crippen LogP contribution is -2.43. The number of amides is 1. The molecular formula is C12H18N2O5S2. The molecule has 0 atom stereocenters. The predicted octanol–water partition coefficient (Wildman–Crippen LogP) is -0.0909. The summed E-state index contributed by atoms with van der Waals surface area (Å²) in [5, 5.41) is 11.6. The molecule has 0 spiro atoms. The van der Waals surface area contributed by atoms with Crippen molar-refractivity contribution >= 4 is 33.6 Å². The summed E-state index contributed by atoms with van der Waals surface area (Å²) in [6.07, 6.45) is 0. The molecule has 7 nitrogen and oxygen atoms in total. The van der Waals surface area contributed by atoms with Gasteiger partial charge in [0.15, 0.2) is 9.84 Å². The predicted molar refractivity (Wildman–Crippen MR) is 80.4 cm³/mol. The van der Waals surface area contributed by atoms with Gasteiger partial charge in [0.2, 0.25) is 0 Å². The number of sulfone groups is 1. The first kappa shape index (κ1) is 17.6. The highest BCUT2D eigenvalue weighted by Gasteiger charge is 2.21. The van der Waals surface area contributed by atoms with Crippen molar-refractivity contribution in [2.75, 3.05) is 37.7 Å². The lowest BCUT2D eigenvalue weighted by atomic mass is 10.4. The van der Waals surface area contributed by atoms with Gasteiger partial charge in [-0.1, -0.05) is 6.07 Å². The zero-order valence-corrected chi connectivity index (χ0v) is 13.0. The summed E-state index contributed by atoms with van der Waals surface area (Å²) in [7, 11) is -2.82. The van der Waals surface area contributed by atoms with Gasteiger partial charge in [-0.3, -0.25) is 14.5 Å². The third-order valence-corrected chi connectivity index (χ3v) is 5.37. The Morgan fingerprint density at radius 1 is 1.43 bits per heavy atom. The maximum absolute atomic E-state index is 11.6. The second kappa shape index (κ2) is 8.75. The molecule has 118 valence electrons. The Morgan fingerprint density at radius 2 is 2.05 bits per heavy atom. The quantitative estimate of drug-likeness (QED) is 0.746. The lowest BCUT2D eigenvalue weighted by Gasteiger charge is -2.26. The molecule has 2 N–H and O–H groups in total. The number of hydrogen-bond acceptors (Lipinski definition) is 6. The van der Waals surface area contributed by atoms with Crippen LogP contribution in [0.4, 0.5) is 0 Å². The average molecular weight is 334 g/mol. The van der Waals surface area contributed by atoms with E-state index in [1.54, 1.807) is 6.07 Å². The fraction of sp³-hybridized carbons (Fsp3) is 0.500. The number of carbonyl (C=O) groups is 2. The largest absolute Gasteiger partial charge is 0.483 e. The maximum atomic E-state index is 11.6. The molecule has 1 aliphatic heterocycles. The highest BCUT2D eigenvalue weighted by atomic mass is 32.2. The molecule has 0 aromatic carbocycles. The van der Waals surface area contributed by atoms with E-state index in [0.29, 0.717) is 31.1 Å². The highest BCUT2D eigenvalue weighted by Crippen LogP contribution is 2.07. The van der Waals surface area contributed by atoms with Gasteiger partial charge in [0.1, 0.15) is 0 Å². The summed E-state index contributed by atoms with van der Waals surface area (Å²) in [6.45, 7) is 2.14. The minimum Gasteiger partial charge on any atom is -0.483 e. The van der Waals surface area contributed by atoms with E-state index < -0.39 is 9.84 Å². The molecule has 1 saturated heterocycles. The van der Waals surface area contributed by atoms with Crippen molar-refractivity contribution < 1.29 is 23.1 Å². The number of nitrogens with one attached hydrogen (secondary N) is 1. The van der Waals surface area contributed by atoms with Gasteiger partial charge in [0.25, 0.3) is 12.4 Å². The van der Waals surface area contributed by atoms with Gasteiger partial charge < -0.3 is 10.4 Å². The fourth-order valence-corrected chi connectivity index (χ4v) is 3.71. The minimum absolute atomic E-state index is 0.0605. The van der Waals surface area contributed by atoms with Gasteiger partial charge >= 0.3 is 0 Å². The summed E-state index contributed by atoms with van der Waals surface area (Å²) in [5.41, 5.74) is 0. The Bertz CT molecular complexity index is 528. The molecular weight excluding hydrogens is 316 g/mol. The number of nitrogens with zero attached hydrogens (tertiary/aromatic N) is 1. The molecule has 2 heterocycles. The van der Waals surface area contributed by atoms with Crippen LogP contribution in [0.3, 0.4) is 0 Å². The monoisotopic (exact) mass is 334 g/mol. The number of rotatable bonds is 4. The average Bonchev–Trinajstić information content (AvgIpc) is 2.95. The van der Waals surface area contributed by atoms with E-state index in [1.807, 2.05) is 11.4 Å². The Morgan fingerprint density at radius 3 is 2.57 bits per heavy atom. The molecule has 21 heavy (non-hydrogen) atoms. The highest BCUT2D eigenvalue weighted by molar-refractivity contribution is 7.91. The topological polar surface area (TPSA) is 104 Å². The van der Waals surface area contributed by atoms with Crippen LogP contribution in [0.25, 0.3) is 0 Å². The van der Waals surface area contributed by atoms with Crippen molar-refractivity contribution in [3.63, 3.8) is 0 Å². The number of carboxylic acid groups (broad SMARTS) is 1. The van der Waals surface area contributed by atoms with E-state index >= 15 is 0 Å². The van der Waals surface area contributed by atoms with Crippen LogP contribution < -0.4 is 5.32 Å².